The maximum atomic E-state index is 9.79. The molecule has 4 nitrogen and oxygen atoms in total. The zero-order valence-corrected chi connectivity index (χ0v) is 10.6. The van der Waals surface area contributed by atoms with Crippen molar-refractivity contribution >= 4 is 0 Å². The van der Waals surface area contributed by atoms with Crippen LogP contribution in [0.5, 0.6) is 0 Å². The number of likely N-dealkylation sites (N-methyl/N-ethyl adjacent to an activating group) is 1. The van der Waals surface area contributed by atoms with Crippen LogP contribution >= 0.6 is 0 Å². The Bertz CT molecular complexity index is 172. The van der Waals surface area contributed by atoms with Crippen molar-refractivity contribution in [1.82, 2.24) is 10.2 Å². The van der Waals surface area contributed by atoms with Gasteiger partial charge in [-0.2, -0.15) is 0 Å². The normalized spacial score (nSPS) is 22.9. The molecule has 1 fully saturated rings. The largest absolute Gasteiger partial charge is 0.389 e. The Hall–Kier alpha value is -0.160. The Labute approximate surface area is 99.0 Å². The first kappa shape index (κ1) is 13.9. The molecule has 1 saturated heterocycles. The van der Waals surface area contributed by atoms with E-state index in [1.165, 1.54) is 6.42 Å². The minimum atomic E-state index is -0.359. The van der Waals surface area contributed by atoms with E-state index in [4.69, 9.17) is 4.74 Å². The number of unbranched alkanes of at least 4 members (excludes halogenated alkanes) is 1. The molecule has 2 unspecified atom stereocenters. The highest BCUT2D eigenvalue weighted by molar-refractivity contribution is 4.79. The first-order chi connectivity index (χ1) is 7.74. The quantitative estimate of drug-likeness (QED) is 0.595. The molecule has 0 aromatic heterocycles. The van der Waals surface area contributed by atoms with Crippen molar-refractivity contribution in [3.63, 3.8) is 0 Å². The van der Waals surface area contributed by atoms with Crippen LogP contribution in [0.25, 0.3) is 0 Å². The van der Waals surface area contributed by atoms with Crippen LogP contribution in [0.15, 0.2) is 0 Å². The van der Waals surface area contributed by atoms with Crippen LogP contribution in [-0.2, 0) is 4.74 Å². The molecule has 1 rings (SSSR count). The Morgan fingerprint density at radius 1 is 1.56 bits per heavy atom. The number of hydrogen-bond donors (Lipinski definition) is 2. The Morgan fingerprint density at radius 3 is 3.00 bits per heavy atom. The minimum absolute atomic E-state index is 0.359. The van der Waals surface area contributed by atoms with Gasteiger partial charge in [-0.05, 0) is 26.4 Å². The van der Waals surface area contributed by atoms with Crippen LogP contribution in [0.2, 0.25) is 0 Å². The van der Waals surface area contributed by atoms with Gasteiger partial charge in [-0.15, -0.1) is 0 Å². The van der Waals surface area contributed by atoms with Gasteiger partial charge < -0.3 is 15.2 Å². The molecule has 0 bridgehead atoms. The Morgan fingerprint density at radius 2 is 2.38 bits per heavy atom. The Balaban J connectivity index is 2.05. The van der Waals surface area contributed by atoms with Crippen LogP contribution in [0, 0.1) is 0 Å². The van der Waals surface area contributed by atoms with Crippen molar-refractivity contribution in [3.8, 4) is 0 Å². The fourth-order valence-electron chi connectivity index (χ4n) is 2.02. The van der Waals surface area contributed by atoms with Gasteiger partial charge in [0, 0.05) is 25.7 Å². The van der Waals surface area contributed by atoms with E-state index in [0.717, 1.165) is 32.5 Å². The Kier molecular flexibility index (Phi) is 6.96. The number of nitrogens with one attached hydrogen (secondary N) is 1. The van der Waals surface area contributed by atoms with E-state index in [9.17, 15) is 5.11 Å². The molecule has 0 spiro atoms. The average Bonchev–Trinajstić information content (AvgIpc) is 2.77. The molecule has 2 N–H and O–H groups in total. The van der Waals surface area contributed by atoms with Gasteiger partial charge in [0.1, 0.15) is 0 Å². The summed E-state index contributed by atoms with van der Waals surface area (Å²) in [5.41, 5.74) is 0. The van der Waals surface area contributed by atoms with E-state index in [-0.39, 0.29) is 6.10 Å². The molecule has 4 heteroatoms. The van der Waals surface area contributed by atoms with Crippen LogP contribution in [-0.4, -0.2) is 62.0 Å². The smallest absolute Gasteiger partial charge is 0.0900 e. The second kappa shape index (κ2) is 8.01. The summed E-state index contributed by atoms with van der Waals surface area (Å²) in [5.74, 6) is 0. The van der Waals surface area contributed by atoms with Gasteiger partial charge in [0.2, 0.25) is 0 Å². The third-order valence-electron chi connectivity index (χ3n) is 3.11. The molecule has 0 saturated carbocycles. The molecule has 0 radical (unpaired) electrons. The number of nitrogens with zero attached hydrogens (tertiary/aromatic N) is 1. The summed E-state index contributed by atoms with van der Waals surface area (Å²) in [6.45, 7) is 6.21. The first-order valence-corrected chi connectivity index (χ1v) is 6.40. The van der Waals surface area contributed by atoms with Gasteiger partial charge in [0.15, 0.2) is 0 Å². The van der Waals surface area contributed by atoms with E-state index in [0.29, 0.717) is 19.2 Å². The van der Waals surface area contributed by atoms with Crippen molar-refractivity contribution in [1.29, 1.82) is 0 Å². The third kappa shape index (κ3) is 5.25. The highest BCUT2D eigenvalue weighted by Crippen LogP contribution is 2.06. The van der Waals surface area contributed by atoms with Gasteiger partial charge in [-0.25, -0.2) is 0 Å². The fourth-order valence-corrected chi connectivity index (χ4v) is 2.02. The maximum absolute atomic E-state index is 9.79. The van der Waals surface area contributed by atoms with Crippen molar-refractivity contribution in [3.05, 3.63) is 0 Å². The third-order valence-corrected chi connectivity index (χ3v) is 3.11. The average molecular weight is 230 g/mol. The molecule has 0 aliphatic carbocycles. The van der Waals surface area contributed by atoms with Crippen molar-refractivity contribution in [2.24, 2.45) is 0 Å². The molecule has 1 heterocycles. The van der Waals surface area contributed by atoms with Crippen molar-refractivity contribution < 1.29 is 9.84 Å². The van der Waals surface area contributed by atoms with Crippen molar-refractivity contribution in [2.45, 2.75) is 38.3 Å². The van der Waals surface area contributed by atoms with Gasteiger partial charge in [-0.1, -0.05) is 13.3 Å². The highest BCUT2D eigenvalue weighted by atomic mass is 16.5. The van der Waals surface area contributed by atoms with Crippen LogP contribution in [0.4, 0.5) is 0 Å². The predicted molar refractivity (Wildman–Crippen MR) is 65.6 cm³/mol. The lowest BCUT2D eigenvalue weighted by Crippen LogP contribution is -2.40. The first-order valence-electron chi connectivity index (χ1n) is 6.40. The SMILES string of the molecule is CCCCOCC(O)CN(C)C1CCNC1. The molecule has 2 atom stereocenters. The number of aliphatic hydroxyl groups is 1. The second-order valence-electron chi connectivity index (χ2n) is 4.67. The summed E-state index contributed by atoms with van der Waals surface area (Å²) in [4.78, 5) is 2.23. The van der Waals surface area contributed by atoms with Gasteiger partial charge >= 0.3 is 0 Å². The summed E-state index contributed by atoms with van der Waals surface area (Å²) < 4.78 is 5.41. The van der Waals surface area contributed by atoms with Crippen molar-refractivity contribution in [2.75, 3.05) is 39.9 Å². The van der Waals surface area contributed by atoms with Gasteiger partial charge in [-0.3, -0.25) is 4.90 Å². The molecule has 1 aliphatic rings. The number of rotatable bonds is 8. The highest BCUT2D eigenvalue weighted by Gasteiger charge is 2.20. The number of hydrogen-bond acceptors (Lipinski definition) is 4. The lowest BCUT2D eigenvalue weighted by molar-refractivity contribution is 0.0146. The van der Waals surface area contributed by atoms with E-state index >= 15 is 0 Å². The van der Waals surface area contributed by atoms with E-state index in [1.807, 2.05) is 0 Å². The van der Waals surface area contributed by atoms with E-state index in [2.05, 4.69) is 24.2 Å². The maximum Gasteiger partial charge on any atom is 0.0900 e. The zero-order valence-electron chi connectivity index (χ0n) is 10.6. The molecule has 0 aromatic rings. The lowest BCUT2D eigenvalue weighted by Gasteiger charge is -2.25. The van der Waals surface area contributed by atoms with Crippen LogP contribution in [0.3, 0.4) is 0 Å². The molecular weight excluding hydrogens is 204 g/mol. The molecule has 16 heavy (non-hydrogen) atoms. The molecule has 96 valence electrons. The monoisotopic (exact) mass is 230 g/mol. The topological polar surface area (TPSA) is 44.7 Å². The standard InChI is InChI=1S/C12H26N2O2/c1-3-4-7-16-10-12(15)9-14(2)11-5-6-13-8-11/h11-13,15H,3-10H2,1-2H3. The molecule has 0 amide bonds. The fraction of sp³-hybridized carbons (Fsp3) is 1.00. The lowest BCUT2D eigenvalue weighted by atomic mass is 10.2. The molecule has 0 aromatic carbocycles. The summed E-state index contributed by atoms with van der Waals surface area (Å²) >= 11 is 0. The van der Waals surface area contributed by atoms with Gasteiger partial charge in [0.05, 0.1) is 12.7 Å². The summed E-state index contributed by atoms with van der Waals surface area (Å²) in [5, 5.41) is 13.1. The minimum Gasteiger partial charge on any atom is -0.389 e. The summed E-state index contributed by atoms with van der Waals surface area (Å²) in [7, 11) is 2.08. The zero-order chi connectivity index (χ0) is 11.8. The molecule has 1 aliphatic heterocycles. The van der Waals surface area contributed by atoms with Crippen LogP contribution < -0.4 is 5.32 Å². The summed E-state index contributed by atoms with van der Waals surface area (Å²) in [6.07, 6.45) is 3.04. The van der Waals surface area contributed by atoms with E-state index < -0.39 is 0 Å². The van der Waals surface area contributed by atoms with Crippen LogP contribution in [0.1, 0.15) is 26.2 Å². The summed E-state index contributed by atoms with van der Waals surface area (Å²) in [6, 6.07) is 0.574. The number of aliphatic hydroxyl groups excluding tert-OH is 1. The second-order valence-corrected chi connectivity index (χ2v) is 4.67. The molecular formula is C12H26N2O2. The number of ether oxygens (including phenoxy) is 1. The van der Waals surface area contributed by atoms with E-state index in [1.54, 1.807) is 0 Å². The predicted octanol–water partition coefficient (Wildman–Crippen LogP) is 0.458. The van der Waals surface area contributed by atoms with Gasteiger partial charge in [0.25, 0.3) is 0 Å².